The van der Waals surface area contributed by atoms with E-state index in [4.69, 9.17) is 15.7 Å². The Morgan fingerprint density at radius 2 is 2.07 bits per heavy atom. The number of rotatable bonds is 6. The summed E-state index contributed by atoms with van der Waals surface area (Å²) >= 11 is 0. The molecule has 4 rings (SSSR count). The first kappa shape index (κ1) is 20.2. The summed E-state index contributed by atoms with van der Waals surface area (Å²) in [5.41, 5.74) is 8.19. The first-order valence-electron chi connectivity index (χ1n) is 10.4. The third-order valence-electron chi connectivity index (χ3n) is 5.52. The van der Waals surface area contributed by atoms with Crippen molar-refractivity contribution < 1.29 is 0 Å². The van der Waals surface area contributed by atoms with Crippen LogP contribution in [0.4, 0.5) is 11.9 Å². The summed E-state index contributed by atoms with van der Waals surface area (Å²) in [5.74, 6) is 1.27. The lowest BCUT2D eigenvalue weighted by Crippen LogP contribution is -2.44. The van der Waals surface area contributed by atoms with E-state index >= 15 is 0 Å². The molecule has 3 aromatic rings. The normalized spacial score (nSPS) is 17.2. The summed E-state index contributed by atoms with van der Waals surface area (Å²) in [7, 11) is 1.74. The number of hydrogen-bond acceptors (Lipinski definition) is 6. The number of anilines is 2. The average molecular weight is 408 g/mol. The summed E-state index contributed by atoms with van der Waals surface area (Å²) < 4.78 is 3.52. The Bertz CT molecular complexity index is 1100. The first-order valence-corrected chi connectivity index (χ1v) is 10.4. The van der Waals surface area contributed by atoms with E-state index in [9.17, 15) is 4.79 Å². The number of fused-ring (bicyclic) bond motifs is 1. The maximum Gasteiger partial charge on any atom is 0.281 e. The highest BCUT2D eigenvalue weighted by molar-refractivity contribution is 5.75. The molecule has 0 aliphatic carbocycles. The molecule has 1 fully saturated rings. The lowest BCUT2D eigenvalue weighted by molar-refractivity contribution is 0.495. The van der Waals surface area contributed by atoms with Gasteiger partial charge in [-0.25, -0.2) is 0 Å². The lowest BCUT2D eigenvalue weighted by atomic mass is 10.1. The summed E-state index contributed by atoms with van der Waals surface area (Å²) in [6, 6.07) is 10.2. The Balaban J connectivity index is 1.75. The number of benzene rings is 1. The summed E-state index contributed by atoms with van der Waals surface area (Å²) in [6.07, 6.45) is 6.03. The van der Waals surface area contributed by atoms with Crippen molar-refractivity contribution in [1.29, 1.82) is 0 Å². The van der Waals surface area contributed by atoms with Gasteiger partial charge in [0.2, 0.25) is 11.9 Å². The third kappa shape index (κ3) is 3.95. The van der Waals surface area contributed by atoms with Crippen molar-refractivity contribution >= 4 is 23.1 Å². The molecule has 1 atom stereocenters. The Kier molecular flexibility index (Phi) is 5.85. The molecule has 1 aliphatic rings. The quantitative estimate of drug-likeness (QED) is 0.609. The molecule has 3 N–H and O–H groups in total. The number of hydrogen-bond donors (Lipinski definition) is 2. The van der Waals surface area contributed by atoms with Crippen LogP contribution >= 0.6 is 0 Å². The van der Waals surface area contributed by atoms with Crippen molar-refractivity contribution in [2.24, 2.45) is 12.8 Å². The van der Waals surface area contributed by atoms with Crippen LogP contribution in [0.3, 0.4) is 0 Å². The van der Waals surface area contributed by atoms with Crippen LogP contribution in [0.15, 0.2) is 47.3 Å². The van der Waals surface area contributed by atoms with Crippen LogP contribution in [-0.2, 0) is 20.1 Å². The Labute approximate surface area is 176 Å². The molecule has 0 bridgehead atoms. The Morgan fingerprint density at radius 3 is 2.80 bits per heavy atom. The summed E-state index contributed by atoms with van der Waals surface area (Å²) in [4.78, 5) is 24.9. The maximum absolute atomic E-state index is 13.3. The van der Waals surface area contributed by atoms with E-state index in [0.717, 1.165) is 37.4 Å². The van der Waals surface area contributed by atoms with Gasteiger partial charge in [-0.15, -0.1) is 0 Å². The molecule has 1 unspecified atom stereocenters. The average Bonchev–Trinajstić information content (AvgIpc) is 3.13. The highest BCUT2D eigenvalue weighted by atomic mass is 16.1. The standard InChI is InChI=1S/C22H29N7O/c1-3-4-13-29-18-19(26-22(29)28-12-8-11-17(23)15-28)25-21(27(2)20(18)30)24-14-16-9-6-5-7-10-16/h3-7,9-10,17H,8,11-15,23H2,1-2H3,(H,24,25)/b4-3+. The van der Waals surface area contributed by atoms with Crippen molar-refractivity contribution in [2.45, 2.75) is 38.9 Å². The van der Waals surface area contributed by atoms with Gasteiger partial charge < -0.3 is 20.5 Å². The molecular weight excluding hydrogens is 378 g/mol. The van der Waals surface area contributed by atoms with Crippen molar-refractivity contribution in [1.82, 2.24) is 19.1 Å². The maximum atomic E-state index is 13.3. The zero-order valence-electron chi connectivity index (χ0n) is 17.6. The van der Waals surface area contributed by atoms with Crippen LogP contribution in [0.2, 0.25) is 0 Å². The molecule has 0 spiro atoms. The fourth-order valence-corrected chi connectivity index (χ4v) is 3.90. The topological polar surface area (TPSA) is 94.0 Å². The predicted octanol–water partition coefficient (Wildman–Crippen LogP) is 2.25. The monoisotopic (exact) mass is 407 g/mol. The largest absolute Gasteiger partial charge is 0.351 e. The number of aromatic nitrogens is 4. The van der Waals surface area contributed by atoms with E-state index in [1.165, 1.54) is 0 Å². The molecule has 1 saturated heterocycles. The van der Waals surface area contributed by atoms with E-state index in [1.54, 1.807) is 11.6 Å². The van der Waals surface area contributed by atoms with Crippen LogP contribution < -0.4 is 21.5 Å². The number of nitrogens with one attached hydrogen (secondary N) is 1. The van der Waals surface area contributed by atoms with Gasteiger partial charge in [-0.05, 0) is 25.3 Å². The molecule has 1 aliphatic heterocycles. The second kappa shape index (κ2) is 8.71. The Hall–Kier alpha value is -3.13. The minimum atomic E-state index is -0.111. The molecular formula is C22H29N7O. The molecule has 30 heavy (non-hydrogen) atoms. The van der Waals surface area contributed by atoms with Crippen molar-refractivity contribution in [2.75, 3.05) is 23.3 Å². The fraction of sp³-hybridized carbons (Fsp3) is 0.409. The fourth-order valence-electron chi connectivity index (χ4n) is 3.90. The second-order valence-corrected chi connectivity index (χ2v) is 7.75. The van der Waals surface area contributed by atoms with Gasteiger partial charge in [0.25, 0.3) is 5.56 Å². The first-order chi connectivity index (χ1) is 14.6. The molecule has 8 heteroatoms. The van der Waals surface area contributed by atoms with Crippen LogP contribution in [-0.4, -0.2) is 38.2 Å². The van der Waals surface area contributed by atoms with Gasteiger partial charge in [-0.3, -0.25) is 9.36 Å². The van der Waals surface area contributed by atoms with Crippen LogP contribution in [0.1, 0.15) is 25.3 Å². The molecule has 2 aromatic heterocycles. The zero-order valence-corrected chi connectivity index (χ0v) is 17.6. The molecule has 158 valence electrons. The highest BCUT2D eigenvalue weighted by Crippen LogP contribution is 2.23. The van der Waals surface area contributed by atoms with Crippen LogP contribution in [0.5, 0.6) is 0 Å². The number of allylic oxidation sites excluding steroid dienone is 2. The van der Waals surface area contributed by atoms with Gasteiger partial charge in [0, 0.05) is 39.3 Å². The predicted molar refractivity (Wildman–Crippen MR) is 121 cm³/mol. The molecule has 0 amide bonds. The van der Waals surface area contributed by atoms with Gasteiger partial charge in [0.05, 0.1) is 0 Å². The van der Waals surface area contributed by atoms with Gasteiger partial charge in [-0.2, -0.15) is 9.97 Å². The number of nitrogens with two attached hydrogens (primary N) is 1. The van der Waals surface area contributed by atoms with Gasteiger partial charge >= 0.3 is 0 Å². The lowest BCUT2D eigenvalue weighted by Gasteiger charge is -2.31. The number of piperidine rings is 1. The molecule has 0 radical (unpaired) electrons. The van der Waals surface area contributed by atoms with E-state index in [2.05, 4.69) is 10.2 Å². The smallest absolute Gasteiger partial charge is 0.281 e. The molecule has 0 saturated carbocycles. The summed E-state index contributed by atoms with van der Waals surface area (Å²) in [5, 5.41) is 3.28. The molecule has 8 nitrogen and oxygen atoms in total. The van der Waals surface area contributed by atoms with E-state index in [0.29, 0.717) is 30.2 Å². The minimum Gasteiger partial charge on any atom is -0.351 e. The van der Waals surface area contributed by atoms with Gasteiger partial charge in [-0.1, -0.05) is 42.5 Å². The highest BCUT2D eigenvalue weighted by Gasteiger charge is 2.25. The second-order valence-electron chi connectivity index (χ2n) is 7.75. The van der Waals surface area contributed by atoms with Crippen LogP contribution in [0.25, 0.3) is 11.2 Å². The van der Waals surface area contributed by atoms with Gasteiger partial charge in [0.15, 0.2) is 11.2 Å². The van der Waals surface area contributed by atoms with E-state index < -0.39 is 0 Å². The molecule has 1 aromatic carbocycles. The van der Waals surface area contributed by atoms with Crippen molar-refractivity contribution in [3.8, 4) is 0 Å². The van der Waals surface area contributed by atoms with Gasteiger partial charge in [0.1, 0.15) is 0 Å². The SMILES string of the molecule is C/C=C/Cn1c(N2CCCC(N)C2)nc2nc(NCc3ccccc3)n(C)c(=O)c21. The van der Waals surface area contributed by atoms with E-state index in [1.807, 2.05) is 54.0 Å². The third-order valence-corrected chi connectivity index (χ3v) is 5.52. The minimum absolute atomic E-state index is 0.111. The van der Waals surface area contributed by atoms with Crippen molar-refractivity contribution in [3.63, 3.8) is 0 Å². The molecule has 3 heterocycles. The number of imidazole rings is 1. The summed E-state index contributed by atoms with van der Waals surface area (Å²) in [6.45, 7) is 4.74. The Morgan fingerprint density at radius 1 is 1.27 bits per heavy atom. The zero-order chi connectivity index (χ0) is 21.1. The number of nitrogens with zero attached hydrogens (tertiary/aromatic N) is 5. The van der Waals surface area contributed by atoms with E-state index in [-0.39, 0.29) is 11.6 Å². The van der Waals surface area contributed by atoms with Crippen LogP contribution in [0, 0.1) is 0 Å². The van der Waals surface area contributed by atoms with Crippen molar-refractivity contribution in [3.05, 3.63) is 58.4 Å².